The SMILES string of the molecule is CC(=O)NCc1ccc2c(n1)CCCN2c1nn(C2CCCCO2)c2nc(N3CCC4(CC3)CO[C@@H](C)[C@H]4NC(=O)OC(C)(C)C)cnc12. The van der Waals surface area contributed by atoms with Gasteiger partial charge in [0.25, 0.3) is 0 Å². The Labute approximate surface area is 287 Å². The number of carbonyl (C=O) groups excluding carboxylic acids is 2. The number of fused-ring (bicyclic) bond motifs is 2. The number of rotatable bonds is 6. The summed E-state index contributed by atoms with van der Waals surface area (Å²) in [4.78, 5) is 43.8. The first-order chi connectivity index (χ1) is 23.5. The molecule has 0 radical (unpaired) electrons. The second kappa shape index (κ2) is 13.3. The molecule has 3 aromatic heterocycles. The predicted molar refractivity (Wildman–Crippen MR) is 184 cm³/mol. The average molecular weight is 676 g/mol. The van der Waals surface area contributed by atoms with Crippen LogP contribution in [0.15, 0.2) is 18.3 Å². The Hall–Kier alpha value is -4.04. The molecular formula is C35H49N9O5. The van der Waals surface area contributed by atoms with Gasteiger partial charge in [0.1, 0.15) is 11.4 Å². The van der Waals surface area contributed by atoms with Crippen molar-refractivity contribution in [1.82, 2.24) is 35.4 Å². The lowest BCUT2D eigenvalue weighted by molar-refractivity contribution is -0.119. The molecule has 1 spiro atoms. The van der Waals surface area contributed by atoms with Gasteiger partial charge in [-0.3, -0.25) is 9.78 Å². The number of ether oxygens (including phenoxy) is 3. The third kappa shape index (κ3) is 6.89. The van der Waals surface area contributed by atoms with E-state index in [4.69, 9.17) is 34.3 Å². The Balaban J connectivity index is 1.15. The van der Waals surface area contributed by atoms with Crippen LogP contribution in [0.1, 0.15) is 90.8 Å². The molecule has 2 amide bonds. The van der Waals surface area contributed by atoms with Gasteiger partial charge in [0.2, 0.25) is 5.91 Å². The number of aromatic nitrogens is 5. The molecule has 3 fully saturated rings. The summed E-state index contributed by atoms with van der Waals surface area (Å²) < 4.78 is 19.9. The van der Waals surface area contributed by atoms with Crippen LogP contribution in [0.5, 0.6) is 0 Å². The fraction of sp³-hybridized carbons (Fsp3) is 0.657. The molecule has 49 heavy (non-hydrogen) atoms. The van der Waals surface area contributed by atoms with Crippen molar-refractivity contribution in [2.45, 2.75) is 110 Å². The molecule has 14 heteroatoms. The van der Waals surface area contributed by atoms with E-state index in [1.165, 1.54) is 6.92 Å². The van der Waals surface area contributed by atoms with Crippen LogP contribution in [-0.4, -0.2) is 87.3 Å². The molecule has 3 aromatic rings. The van der Waals surface area contributed by atoms with Crippen molar-refractivity contribution >= 4 is 40.5 Å². The quantitative estimate of drug-likeness (QED) is 0.379. The molecule has 14 nitrogen and oxygen atoms in total. The van der Waals surface area contributed by atoms with Gasteiger partial charge in [0.05, 0.1) is 48.6 Å². The lowest BCUT2D eigenvalue weighted by atomic mass is 9.73. The van der Waals surface area contributed by atoms with Crippen LogP contribution in [-0.2, 0) is 32.0 Å². The molecular weight excluding hydrogens is 626 g/mol. The predicted octanol–water partition coefficient (Wildman–Crippen LogP) is 4.54. The van der Waals surface area contributed by atoms with E-state index < -0.39 is 11.7 Å². The van der Waals surface area contributed by atoms with Crippen LogP contribution >= 0.6 is 0 Å². The molecule has 3 saturated heterocycles. The molecule has 7 rings (SSSR count). The summed E-state index contributed by atoms with van der Waals surface area (Å²) in [5.74, 6) is 1.48. The zero-order valence-corrected chi connectivity index (χ0v) is 29.3. The van der Waals surface area contributed by atoms with Crippen molar-refractivity contribution in [2.75, 3.05) is 42.6 Å². The Morgan fingerprint density at radius 2 is 1.90 bits per heavy atom. The van der Waals surface area contributed by atoms with E-state index in [1.807, 2.05) is 44.6 Å². The number of pyridine rings is 1. The maximum absolute atomic E-state index is 12.8. The number of carbonyl (C=O) groups is 2. The van der Waals surface area contributed by atoms with Crippen LogP contribution in [0.3, 0.4) is 0 Å². The van der Waals surface area contributed by atoms with Gasteiger partial charge < -0.3 is 34.6 Å². The third-order valence-electron chi connectivity index (χ3n) is 10.2. The molecule has 264 valence electrons. The Morgan fingerprint density at radius 1 is 1.08 bits per heavy atom. The summed E-state index contributed by atoms with van der Waals surface area (Å²) in [5.41, 5.74) is 3.53. The zero-order valence-electron chi connectivity index (χ0n) is 29.3. The van der Waals surface area contributed by atoms with Crippen LogP contribution < -0.4 is 20.4 Å². The minimum absolute atomic E-state index is 0.0772. The highest BCUT2D eigenvalue weighted by molar-refractivity contribution is 5.88. The Kier molecular flexibility index (Phi) is 9.11. The Morgan fingerprint density at radius 3 is 2.63 bits per heavy atom. The lowest BCUT2D eigenvalue weighted by Gasteiger charge is -2.42. The number of nitrogens with zero attached hydrogens (tertiary/aromatic N) is 7. The third-order valence-corrected chi connectivity index (χ3v) is 10.2. The molecule has 7 heterocycles. The molecule has 2 N–H and O–H groups in total. The number of alkyl carbamates (subject to hydrolysis) is 1. The first-order valence-corrected chi connectivity index (χ1v) is 17.7. The fourth-order valence-corrected chi connectivity index (χ4v) is 7.69. The second-order valence-electron chi connectivity index (χ2n) is 14.9. The molecule has 0 aliphatic carbocycles. The summed E-state index contributed by atoms with van der Waals surface area (Å²) in [5, 5.41) is 11.1. The van der Waals surface area contributed by atoms with Crippen molar-refractivity contribution < 1.29 is 23.8 Å². The largest absolute Gasteiger partial charge is 0.444 e. The van der Waals surface area contributed by atoms with Gasteiger partial charge in [-0.25, -0.2) is 19.4 Å². The molecule has 0 bridgehead atoms. The van der Waals surface area contributed by atoms with E-state index in [9.17, 15) is 9.59 Å². The van der Waals surface area contributed by atoms with Crippen LogP contribution in [0.25, 0.3) is 11.2 Å². The standard InChI is InChI=1S/C35H49N9O5/c1-22-30(40-33(46)49-34(3,4)5)35(21-48-22)13-16-42(17-14-35)27-20-37-29-31(39-27)44(28-10-6-7-18-47-28)41-32(29)43-15-8-9-25-26(43)12-11-24(38-25)19-36-23(2)45/h11-12,20,22,28,30H,6-10,13-19,21H2,1-5H3,(H,36,45)(H,40,46)/t22-,28?,30+/m0/s1. The van der Waals surface area contributed by atoms with E-state index in [0.29, 0.717) is 25.4 Å². The molecule has 0 aromatic carbocycles. The molecule has 1 unspecified atom stereocenters. The number of hydrogen-bond donors (Lipinski definition) is 2. The van der Waals surface area contributed by atoms with E-state index in [-0.39, 0.29) is 29.7 Å². The minimum atomic E-state index is -0.567. The maximum Gasteiger partial charge on any atom is 0.407 e. The topological polar surface area (TPSA) is 149 Å². The first kappa shape index (κ1) is 33.5. The smallest absolute Gasteiger partial charge is 0.407 e. The second-order valence-corrected chi connectivity index (χ2v) is 14.9. The minimum Gasteiger partial charge on any atom is -0.444 e. The van der Waals surface area contributed by atoms with E-state index in [2.05, 4.69) is 26.5 Å². The van der Waals surface area contributed by atoms with Gasteiger partial charge in [0.15, 0.2) is 23.2 Å². The molecule has 0 saturated carbocycles. The van der Waals surface area contributed by atoms with Gasteiger partial charge in [0, 0.05) is 38.6 Å². The summed E-state index contributed by atoms with van der Waals surface area (Å²) in [6, 6.07) is 3.91. The highest BCUT2D eigenvalue weighted by Crippen LogP contribution is 2.44. The van der Waals surface area contributed by atoms with Gasteiger partial charge in [-0.2, -0.15) is 0 Å². The summed E-state index contributed by atoms with van der Waals surface area (Å²) in [6.45, 7) is 13.2. The lowest BCUT2D eigenvalue weighted by Crippen LogP contribution is -2.55. The van der Waals surface area contributed by atoms with Crippen LogP contribution in [0.2, 0.25) is 0 Å². The van der Waals surface area contributed by atoms with Crippen LogP contribution in [0.4, 0.5) is 22.1 Å². The van der Waals surface area contributed by atoms with Crippen molar-refractivity contribution in [2.24, 2.45) is 5.41 Å². The highest BCUT2D eigenvalue weighted by Gasteiger charge is 2.50. The number of anilines is 3. The summed E-state index contributed by atoms with van der Waals surface area (Å²) in [7, 11) is 0. The number of piperidine rings is 1. The average Bonchev–Trinajstić information content (AvgIpc) is 3.60. The summed E-state index contributed by atoms with van der Waals surface area (Å²) in [6.07, 6.45) is 7.58. The monoisotopic (exact) mass is 675 g/mol. The number of nitrogens with one attached hydrogen (secondary N) is 2. The van der Waals surface area contributed by atoms with Gasteiger partial charge in [-0.1, -0.05) is 0 Å². The Bertz CT molecular complexity index is 1690. The normalized spacial score (nSPS) is 23.8. The van der Waals surface area contributed by atoms with Crippen molar-refractivity contribution in [3.63, 3.8) is 0 Å². The fourth-order valence-electron chi connectivity index (χ4n) is 7.69. The van der Waals surface area contributed by atoms with Crippen molar-refractivity contribution in [1.29, 1.82) is 0 Å². The van der Waals surface area contributed by atoms with Crippen molar-refractivity contribution in [3.8, 4) is 0 Å². The van der Waals surface area contributed by atoms with Crippen molar-refractivity contribution in [3.05, 3.63) is 29.7 Å². The molecule has 4 aliphatic heterocycles. The number of aryl methyl sites for hydroxylation is 1. The van der Waals surface area contributed by atoms with E-state index >= 15 is 0 Å². The van der Waals surface area contributed by atoms with E-state index in [1.54, 1.807) is 0 Å². The summed E-state index contributed by atoms with van der Waals surface area (Å²) >= 11 is 0. The number of amides is 2. The van der Waals surface area contributed by atoms with E-state index in [0.717, 1.165) is 98.8 Å². The zero-order chi connectivity index (χ0) is 34.3. The first-order valence-electron chi connectivity index (χ1n) is 17.7. The highest BCUT2D eigenvalue weighted by atomic mass is 16.6. The van der Waals surface area contributed by atoms with Gasteiger partial charge >= 0.3 is 6.09 Å². The number of hydrogen-bond acceptors (Lipinski definition) is 11. The van der Waals surface area contributed by atoms with Crippen LogP contribution in [0, 0.1) is 5.41 Å². The van der Waals surface area contributed by atoms with Gasteiger partial charge in [-0.05, 0) is 84.8 Å². The maximum atomic E-state index is 12.8. The molecule has 3 atom stereocenters. The molecule has 4 aliphatic rings. The van der Waals surface area contributed by atoms with Gasteiger partial charge in [-0.15, -0.1) is 5.10 Å².